The second-order valence-electron chi connectivity index (χ2n) is 5.88. The Morgan fingerprint density at radius 2 is 2.32 bits per heavy atom. The highest BCUT2D eigenvalue weighted by atomic mass is 31.0. The molecule has 2 aromatic rings. The highest BCUT2D eigenvalue weighted by Crippen LogP contribution is 2.35. The van der Waals surface area contributed by atoms with Gasteiger partial charge in [-0.15, -0.1) is 0 Å². The van der Waals surface area contributed by atoms with Gasteiger partial charge in [-0.1, -0.05) is 27.5 Å². The molecule has 3 atom stereocenters. The number of likely N-dealkylation sites (N-methyl/N-ethyl adjacent to an activating group) is 1. The van der Waals surface area contributed by atoms with E-state index in [0.717, 1.165) is 28.6 Å². The zero-order valence-electron chi connectivity index (χ0n) is 14.3. The second-order valence-corrected chi connectivity index (χ2v) is 6.40. The van der Waals surface area contributed by atoms with Gasteiger partial charge < -0.3 is 14.6 Å². The standard InChI is InChI=1S/C19H21FN3OP/c1-3-23-17-10-14(24-19(20)25)8-9-15(17)16(11-21)18(23)12-4-6-13(22-2)7-5-12/h4-6,8-10,13,19,22H,3,7,25H2,1-2H3. The summed E-state index contributed by atoms with van der Waals surface area (Å²) < 4.78 is 20.4. The summed E-state index contributed by atoms with van der Waals surface area (Å²) in [4.78, 5) is 0. The number of alkyl halides is 1. The molecule has 0 spiro atoms. The van der Waals surface area contributed by atoms with Gasteiger partial charge in [0.05, 0.1) is 16.8 Å². The molecular weight excluding hydrogens is 336 g/mol. The van der Waals surface area contributed by atoms with Crippen LogP contribution in [0.3, 0.4) is 0 Å². The average molecular weight is 357 g/mol. The van der Waals surface area contributed by atoms with Crippen LogP contribution in [0.4, 0.5) is 4.39 Å². The number of hydrogen-bond acceptors (Lipinski definition) is 3. The fourth-order valence-electron chi connectivity index (χ4n) is 3.28. The summed E-state index contributed by atoms with van der Waals surface area (Å²) in [7, 11) is 3.91. The summed E-state index contributed by atoms with van der Waals surface area (Å²) in [5.74, 6) is 0.446. The molecule has 0 bridgehead atoms. The van der Waals surface area contributed by atoms with Crippen LogP contribution >= 0.6 is 9.24 Å². The SMILES string of the molecule is CCn1c(C2=CCC(NC)C=C2)c(C#N)c2ccc(OC(F)P)cc21. The Bertz CT molecular complexity index is 892. The van der Waals surface area contributed by atoms with Crippen molar-refractivity contribution < 1.29 is 9.13 Å². The van der Waals surface area contributed by atoms with E-state index < -0.39 is 6.10 Å². The predicted molar refractivity (Wildman–Crippen MR) is 102 cm³/mol. The number of aryl methyl sites for hydroxylation is 1. The lowest BCUT2D eigenvalue weighted by Crippen LogP contribution is -2.23. The molecule has 0 saturated carbocycles. The second kappa shape index (κ2) is 7.39. The van der Waals surface area contributed by atoms with Crippen molar-refractivity contribution in [3.8, 4) is 11.8 Å². The van der Waals surface area contributed by atoms with Crippen molar-refractivity contribution in [2.24, 2.45) is 0 Å². The maximum Gasteiger partial charge on any atom is 0.249 e. The van der Waals surface area contributed by atoms with E-state index in [1.54, 1.807) is 12.1 Å². The molecule has 1 N–H and O–H groups in total. The molecular formula is C19H21FN3OP. The Morgan fingerprint density at radius 1 is 1.52 bits per heavy atom. The first-order chi connectivity index (χ1) is 12.1. The summed E-state index contributed by atoms with van der Waals surface area (Å²) in [5, 5.41) is 13.8. The van der Waals surface area contributed by atoms with E-state index in [4.69, 9.17) is 4.74 Å². The van der Waals surface area contributed by atoms with Crippen LogP contribution in [0.15, 0.2) is 36.4 Å². The van der Waals surface area contributed by atoms with E-state index in [9.17, 15) is 9.65 Å². The molecule has 0 aliphatic heterocycles. The Balaban J connectivity index is 2.16. The van der Waals surface area contributed by atoms with Crippen LogP contribution in [0.5, 0.6) is 5.75 Å². The first-order valence-electron chi connectivity index (χ1n) is 8.27. The van der Waals surface area contributed by atoms with Gasteiger partial charge in [0.1, 0.15) is 11.8 Å². The lowest BCUT2D eigenvalue weighted by Gasteiger charge is -2.17. The summed E-state index contributed by atoms with van der Waals surface area (Å²) in [6.07, 6.45) is 5.75. The molecule has 130 valence electrons. The number of fused-ring (bicyclic) bond motifs is 1. The van der Waals surface area contributed by atoms with Crippen molar-refractivity contribution >= 4 is 25.7 Å². The third-order valence-corrected chi connectivity index (χ3v) is 4.59. The first-order valence-corrected chi connectivity index (χ1v) is 8.94. The van der Waals surface area contributed by atoms with Gasteiger partial charge in [-0.25, -0.2) is 0 Å². The number of hydrogen-bond donors (Lipinski definition) is 1. The molecule has 1 aliphatic rings. The highest BCUT2D eigenvalue weighted by Gasteiger charge is 2.20. The minimum atomic E-state index is -1.46. The molecule has 6 heteroatoms. The number of ether oxygens (including phenoxy) is 1. The molecule has 0 saturated heterocycles. The van der Waals surface area contributed by atoms with Gasteiger partial charge in [-0.3, -0.25) is 0 Å². The van der Waals surface area contributed by atoms with Gasteiger partial charge >= 0.3 is 0 Å². The predicted octanol–water partition coefficient (Wildman–Crippen LogP) is 3.97. The van der Waals surface area contributed by atoms with Gasteiger partial charge in [0.15, 0.2) is 0 Å². The Morgan fingerprint density at radius 3 is 2.88 bits per heavy atom. The first kappa shape index (κ1) is 17.7. The largest absolute Gasteiger partial charge is 0.457 e. The number of nitrogens with zero attached hydrogens (tertiary/aromatic N) is 2. The lowest BCUT2D eigenvalue weighted by atomic mass is 9.98. The summed E-state index contributed by atoms with van der Waals surface area (Å²) in [6, 6.07) is 7.99. The normalized spacial score (nSPS) is 18.0. The number of nitrogens with one attached hydrogen (secondary N) is 1. The van der Waals surface area contributed by atoms with E-state index in [1.807, 2.05) is 29.3 Å². The van der Waals surface area contributed by atoms with Crippen molar-refractivity contribution in [1.82, 2.24) is 9.88 Å². The van der Waals surface area contributed by atoms with Crippen LogP contribution in [0.1, 0.15) is 24.6 Å². The lowest BCUT2D eigenvalue weighted by molar-refractivity contribution is 0.153. The quantitative estimate of drug-likeness (QED) is 0.824. The molecule has 1 heterocycles. The molecule has 0 amide bonds. The number of aromatic nitrogens is 1. The molecule has 3 rings (SSSR count). The Kier molecular flexibility index (Phi) is 5.22. The van der Waals surface area contributed by atoms with E-state index in [1.165, 1.54) is 0 Å². The van der Waals surface area contributed by atoms with E-state index in [2.05, 4.69) is 34.2 Å². The third-order valence-electron chi connectivity index (χ3n) is 4.46. The number of benzene rings is 1. The van der Waals surface area contributed by atoms with Crippen molar-refractivity contribution in [2.75, 3.05) is 7.05 Å². The Labute approximate surface area is 149 Å². The van der Waals surface area contributed by atoms with Crippen molar-refractivity contribution in [1.29, 1.82) is 5.26 Å². The molecule has 0 fully saturated rings. The zero-order chi connectivity index (χ0) is 18.0. The molecule has 0 radical (unpaired) electrons. The summed E-state index contributed by atoms with van der Waals surface area (Å²) in [5.41, 5.74) is 3.47. The van der Waals surface area contributed by atoms with E-state index >= 15 is 0 Å². The summed E-state index contributed by atoms with van der Waals surface area (Å²) >= 11 is 0. The molecule has 1 aliphatic carbocycles. The minimum absolute atomic E-state index is 0.317. The van der Waals surface area contributed by atoms with Crippen molar-refractivity contribution in [3.05, 3.63) is 47.7 Å². The van der Waals surface area contributed by atoms with Crippen molar-refractivity contribution in [2.45, 2.75) is 32.0 Å². The fraction of sp³-hybridized carbons (Fsp3) is 0.316. The van der Waals surface area contributed by atoms with Crippen LogP contribution in [0.25, 0.3) is 16.5 Å². The number of rotatable bonds is 5. The number of halogens is 1. The van der Waals surface area contributed by atoms with Crippen LogP contribution in [-0.2, 0) is 6.54 Å². The van der Waals surface area contributed by atoms with Crippen LogP contribution in [-0.4, -0.2) is 23.8 Å². The molecule has 25 heavy (non-hydrogen) atoms. The number of nitriles is 1. The van der Waals surface area contributed by atoms with E-state index in [0.29, 0.717) is 23.9 Å². The van der Waals surface area contributed by atoms with Gasteiger partial charge in [0.2, 0.25) is 6.10 Å². The Hall–Kier alpha value is -2.15. The highest BCUT2D eigenvalue weighted by molar-refractivity contribution is 7.16. The molecule has 1 aromatic carbocycles. The average Bonchev–Trinajstić information content (AvgIpc) is 2.93. The fourth-order valence-corrected chi connectivity index (χ4v) is 3.44. The topological polar surface area (TPSA) is 50.0 Å². The van der Waals surface area contributed by atoms with Crippen LogP contribution in [0.2, 0.25) is 0 Å². The monoisotopic (exact) mass is 357 g/mol. The van der Waals surface area contributed by atoms with Gasteiger partial charge in [-0.05, 0) is 38.1 Å². The molecule has 4 nitrogen and oxygen atoms in total. The van der Waals surface area contributed by atoms with Crippen molar-refractivity contribution in [3.63, 3.8) is 0 Å². The smallest absolute Gasteiger partial charge is 0.249 e. The van der Waals surface area contributed by atoms with Gasteiger partial charge in [0, 0.05) is 24.0 Å². The van der Waals surface area contributed by atoms with Crippen LogP contribution in [0, 0.1) is 11.3 Å². The summed E-state index contributed by atoms with van der Waals surface area (Å²) in [6.45, 7) is 2.74. The molecule has 3 unspecified atom stereocenters. The zero-order valence-corrected chi connectivity index (χ0v) is 15.4. The van der Waals surface area contributed by atoms with Gasteiger partial charge in [-0.2, -0.15) is 9.65 Å². The molecule has 1 aromatic heterocycles. The van der Waals surface area contributed by atoms with Gasteiger partial charge in [0.25, 0.3) is 0 Å². The van der Waals surface area contributed by atoms with Crippen LogP contribution < -0.4 is 10.1 Å². The maximum atomic E-state index is 13.1. The maximum absolute atomic E-state index is 13.1. The van der Waals surface area contributed by atoms with E-state index in [-0.39, 0.29) is 0 Å². The third kappa shape index (κ3) is 3.33. The number of allylic oxidation sites excluding steroid dienone is 2. The minimum Gasteiger partial charge on any atom is -0.457 e.